The van der Waals surface area contributed by atoms with Crippen molar-refractivity contribution in [3.05, 3.63) is 18.5 Å². The third-order valence-corrected chi connectivity index (χ3v) is 1.83. The zero-order chi connectivity index (χ0) is 10.4. The number of aromatic nitrogens is 1. The Hall–Kier alpha value is -1.49. The molecular weight excluding hydrogens is 184 g/mol. The van der Waals surface area contributed by atoms with Gasteiger partial charge in [-0.3, -0.25) is 4.79 Å². The molecule has 0 aliphatic carbocycles. The molecule has 0 amide bonds. The molecule has 0 bridgehead atoms. The van der Waals surface area contributed by atoms with Gasteiger partial charge in [0.1, 0.15) is 0 Å². The van der Waals surface area contributed by atoms with Gasteiger partial charge in [-0.25, -0.2) is 0 Å². The summed E-state index contributed by atoms with van der Waals surface area (Å²) in [7, 11) is 0. The van der Waals surface area contributed by atoms with E-state index < -0.39 is 12.1 Å². The number of hydrogen-bond donors (Lipinski definition) is 4. The fourth-order valence-corrected chi connectivity index (χ4v) is 1.06. The van der Waals surface area contributed by atoms with Crippen molar-refractivity contribution in [1.29, 1.82) is 0 Å². The lowest BCUT2D eigenvalue weighted by Crippen LogP contribution is -2.20. The zero-order valence-corrected chi connectivity index (χ0v) is 7.73. The summed E-state index contributed by atoms with van der Waals surface area (Å²) in [5, 5.41) is 20.7. The second kappa shape index (κ2) is 5.29. The van der Waals surface area contributed by atoms with Gasteiger partial charge in [-0.1, -0.05) is 0 Å². The van der Waals surface area contributed by atoms with E-state index in [4.69, 9.17) is 5.11 Å². The first-order valence-corrected chi connectivity index (χ1v) is 4.45. The number of aromatic amines is 1. The van der Waals surface area contributed by atoms with Crippen LogP contribution in [0.4, 0.5) is 5.69 Å². The Bertz CT molecular complexity index is 272. The van der Waals surface area contributed by atoms with Gasteiger partial charge in [0.15, 0.2) is 0 Å². The lowest BCUT2D eigenvalue weighted by atomic mass is 10.2. The molecule has 0 fully saturated rings. The summed E-state index contributed by atoms with van der Waals surface area (Å²) in [4.78, 5) is 13.1. The highest BCUT2D eigenvalue weighted by atomic mass is 16.4. The smallest absolute Gasteiger partial charge is 0.303 e. The van der Waals surface area contributed by atoms with Crippen LogP contribution >= 0.6 is 0 Å². The Balaban J connectivity index is 2.15. The lowest BCUT2D eigenvalue weighted by Gasteiger charge is -2.09. The van der Waals surface area contributed by atoms with Crippen LogP contribution in [0.5, 0.6) is 0 Å². The quantitative estimate of drug-likeness (QED) is 0.540. The molecular formula is C9H14N2O3. The monoisotopic (exact) mass is 198 g/mol. The van der Waals surface area contributed by atoms with Gasteiger partial charge < -0.3 is 20.5 Å². The van der Waals surface area contributed by atoms with Crippen LogP contribution in [0.15, 0.2) is 18.5 Å². The summed E-state index contributed by atoms with van der Waals surface area (Å²) in [6.45, 7) is 0.366. The Labute approximate surface area is 81.8 Å². The molecule has 14 heavy (non-hydrogen) atoms. The summed E-state index contributed by atoms with van der Waals surface area (Å²) in [5.41, 5.74) is 0.888. The number of rotatable bonds is 6. The lowest BCUT2D eigenvalue weighted by molar-refractivity contribution is -0.137. The molecule has 0 aromatic carbocycles. The summed E-state index contributed by atoms with van der Waals surface area (Å²) >= 11 is 0. The number of carboxylic acid groups (broad SMARTS) is 1. The van der Waals surface area contributed by atoms with Crippen LogP contribution in [0.3, 0.4) is 0 Å². The van der Waals surface area contributed by atoms with Gasteiger partial charge in [0.05, 0.1) is 11.8 Å². The maximum absolute atomic E-state index is 10.2. The van der Waals surface area contributed by atoms with E-state index in [9.17, 15) is 9.90 Å². The molecule has 5 nitrogen and oxygen atoms in total. The number of aliphatic hydroxyl groups excluding tert-OH is 1. The summed E-state index contributed by atoms with van der Waals surface area (Å²) in [6.07, 6.45) is 3.18. The number of carboxylic acids is 1. The fraction of sp³-hybridized carbons (Fsp3) is 0.444. The molecule has 0 aliphatic heterocycles. The first-order chi connectivity index (χ1) is 6.68. The Morgan fingerprint density at radius 2 is 2.43 bits per heavy atom. The maximum Gasteiger partial charge on any atom is 0.303 e. The van der Waals surface area contributed by atoms with Gasteiger partial charge in [0.25, 0.3) is 0 Å². The summed E-state index contributed by atoms with van der Waals surface area (Å²) in [6, 6.07) is 1.84. The predicted octanol–water partition coefficient (Wildman–Crippen LogP) is 0.652. The second-order valence-electron chi connectivity index (χ2n) is 3.07. The van der Waals surface area contributed by atoms with Crippen LogP contribution in [0.2, 0.25) is 0 Å². The SMILES string of the molecule is O=C(O)CCC(O)CNc1cc[nH]c1. The number of hydrogen-bond acceptors (Lipinski definition) is 3. The standard InChI is InChI=1S/C9H14N2O3/c12-8(1-2-9(13)14)6-11-7-3-4-10-5-7/h3-5,8,10-12H,1-2,6H2,(H,13,14). The number of aliphatic hydroxyl groups is 1. The van der Waals surface area contributed by atoms with Crippen molar-refractivity contribution in [3.8, 4) is 0 Å². The first-order valence-electron chi connectivity index (χ1n) is 4.45. The topological polar surface area (TPSA) is 85.3 Å². The Morgan fingerprint density at radius 3 is 3.00 bits per heavy atom. The van der Waals surface area contributed by atoms with Crippen LogP contribution in [-0.2, 0) is 4.79 Å². The van der Waals surface area contributed by atoms with Crippen LogP contribution < -0.4 is 5.32 Å². The number of anilines is 1. The van der Waals surface area contributed by atoms with E-state index in [0.29, 0.717) is 6.54 Å². The van der Waals surface area contributed by atoms with E-state index in [1.165, 1.54) is 0 Å². The number of carbonyl (C=O) groups is 1. The molecule has 1 unspecified atom stereocenters. The summed E-state index contributed by atoms with van der Waals surface area (Å²) in [5.74, 6) is -0.884. The minimum atomic E-state index is -0.884. The molecule has 0 saturated carbocycles. The average molecular weight is 198 g/mol. The van der Waals surface area contributed by atoms with Crippen LogP contribution in [0.1, 0.15) is 12.8 Å². The molecule has 1 aromatic heterocycles. The largest absolute Gasteiger partial charge is 0.481 e. The van der Waals surface area contributed by atoms with Crippen molar-refractivity contribution in [2.75, 3.05) is 11.9 Å². The van der Waals surface area contributed by atoms with Gasteiger partial charge in [0, 0.05) is 25.4 Å². The predicted molar refractivity (Wildman–Crippen MR) is 52.2 cm³/mol. The molecule has 4 N–H and O–H groups in total. The molecule has 0 saturated heterocycles. The summed E-state index contributed by atoms with van der Waals surface area (Å²) < 4.78 is 0. The molecule has 0 radical (unpaired) electrons. The minimum absolute atomic E-state index is 0.00398. The Kier molecular flexibility index (Phi) is 4.00. The third kappa shape index (κ3) is 3.95. The molecule has 1 aromatic rings. The van der Waals surface area contributed by atoms with E-state index in [2.05, 4.69) is 10.3 Å². The van der Waals surface area contributed by atoms with Crippen molar-refractivity contribution >= 4 is 11.7 Å². The molecule has 1 atom stereocenters. The number of nitrogens with one attached hydrogen (secondary N) is 2. The minimum Gasteiger partial charge on any atom is -0.481 e. The van der Waals surface area contributed by atoms with E-state index >= 15 is 0 Å². The van der Waals surface area contributed by atoms with E-state index in [1.807, 2.05) is 6.07 Å². The van der Waals surface area contributed by atoms with E-state index in [0.717, 1.165) is 5.69 Å². The highest BCUT2D eigenvalue weighted by Crippen LogP contribution is 2.04. The van der Waals surface area contributed by atoms with E-state index in [1.54, 1.807) is 12.4 Å². The van der Waals surface area contributed by atoms with E-state index in [-0.39, 0.29) is 12.8 Å². The van der Waals surface area contributed by atoms with Crippen molar-refractivity contribution in [3.63, 3.8) is 0 Å². The second-order valence-corrected chi connectivity index (χ2v) is 3.07. The van der Waals surface area contributed by atoms with Crippen LogP contribution in [-0.4, -0.2) is 33.8 Å². The van der Waals surface area contributed by atoms with Gasteiger partial charge in [-0.05, 0) is 12.5 Å². The molecule has 1 rings (SSSR count). The fourth-order valence-electron chi connectivity index (χ4n) is 1.06. The van der Waals surface area contributed by atoms with Crippen molar-refractivity contribution in [2.45, 2.75) is 18.9 Å². The highest BCUT2D eigenvalue weighted by Gasteiger charge is 2.06. The van der Waals surface area contributed by atoms with Gasteiger partial charge in [-0.2, -0.15) is 0 Å². The zero-order valence-electron chi connectivity index (χ0n) is 7.73. The van der Waals surface area contributed by atoms with Gasteiger partial charge in [-0.15, -0.1) is 0 Å². The van der Waals surface area contributed by atoms with Crippen LogP contribution in [0, 0.1) is 0 Å². The number of H-pyrrole nitrogens is 1. The molecule has 78 valence electrons. The van der Waals surface area contributed by atoms with Crippen LogP contribution in [0.25, 0.3) is 0 Å². The van der Waals surface area contributed by atoms with Gasteiger partial charge >= 0.3 is 5.97 Å². The molecule has 1 heterocycles. The van der Waals surface area contributed by atoms with Crippen molar-refractivity contribution < 1.29 is 15.0 Å². The molecule has 5 heteroatoms. The average Bonchev–Trinajstić information content (AvgIpc) is 2.63. The highest BCUT2D eigenvalue weighted by molar-refractivity contribution is 5.66. The maximum atomic E-state index is 10.2. The van der Waals surface area contributed by atoms with Crippen molar-refractivity contribution in [2.24, 2.45) is 0 Å². The molecule has 0 aliphatic rings. The first kappa shape index (κ1) is 10.6. The normalized spacial score (nSPS) is 12.4. The number of aliphatic carboxylic acids is 1. The Morgan fingerprint density at radius 1 is 1.64 bits per heavy atom. The third-order valence-electron chi connectivity index (χ3n) is 1.83. The van der Waals surface area contributed by atoms with Crippen molar-refractivity contribution in [1.82, 2.24) is 4.98 Å². The van der Waals surface area contributed by atoms with Gasteiger partial charge in [0.2, 0.25) is 0 Å². The molecule has 0 spiro atoms.